The normalized spacial score (nSPS) is 18.1. The van der Waals surface area contributed by atoms with Gasteiger partial charge in [0.15, 0.2) is 0 Å². The van der Waals surface area contributed by atoms with E-state index in [1.807, 2.05) is 25.7 Å². The van der Waals surface area contributed by atoms with E-state index in [1.54, 1.807) is 0 Å². The van der Waals surface area contributed by atoms with Crippen LogP contribution in [0, 0.1) is 11.7 Å². The number of piperazine rings is 1. The lowest BCUT2D eigenvalue weighted by molar-refractivity contribution is -0.123. The van der Waals surface area contributed by atoms with Gasteiger partial charge < -0.3 is 5.32 Å². The summed E-state index contributed by atoms with van der Waals surface area (Å²) < 4.78 is 39.9. The number of hydrogen-bond acceptors (Lipinski definition) is 4. The van der Waals surface area contributed by atoms with Gasteiger partial charge in [0.25, 0.3) is 0 Å². The van der Waals surface area contributed by atoms with Crippen molar-refractivity contribution in [1.29, 1.82) is 0 Å². The number of nitrogens with one attached hydrogen (secondary N) is 1. The van der Waals surface area contributed by atoms with Gasteiger partial charge in [-0.05, 0) is 31.0 Å². The highest BCUT2D eigenvalue weighted by molar-refractivity contribution is 7.89. The molecule has 1 amide bonds. The summed E-state index contributed by atoms with van der Waals surface area (Å²) in [5.41, 5.74) is 0. The molecule has 1 aromatic carbocycles. The van der Waals surface area contributed by atoms with Crippen LogP contribution < -0.4 is 5.32 Å². The fourth-order valence-electron chi connectivity index (χ4n) is 2.58. The zero-order chi connectivity index (χ0) is 19.5. The van der Waals surface area contributed by atoms with Gasteiger partial charge in [-0.2, -0.15) is 4.31 Å². The fourth-order valence-corrected chi connectivity index (χ4v) is 4.28. The Morgan fingerprint density at radius 1 is 1.23 bits per heavy atom. The average molecular weight is 406 g/mol. The van der Waals surface area contributed by atoms with E-state index < -0.39 is 15.8 Å². The summed E-state index contributed by atoms with van der Waals surface area (Å²) >= 11 is 5.69. The maximum Gasteiger partial charge on any atom is 0.243 e. The van der Waals surface area contributed by atoms with E-state index in [0.29, 0.717) is 19.0 Å². The van der Waals surface area contributed by atoms with Gasteiger partial charge in [-0.15, -0.1) is 0 Å². The summed E-state index contributed by atoms with van der Waals surface area (Å²) in [4.78, 5) is 14.0. The zero-order valence-electron chi connectivity index (χ0n) is 15.2. The van der Waals surface area contributed by atoms with Gasteiger partial charge in [0.1, 0.15) is 5.82 Å². The highest BCUT2D eigenvalue weighted by atomic mass is 35.5. The lowest BCUT2D eigenvalue weighted by Gasteiger charge is -2.33. The van der Waals surface area contributed by atoms with Gasteiger partial charge in [-0.3, -0.25) is 9.69 Å². The Morgan fingerprint density at radius 3 is 2.38 bits per heavy atom. The van der Waals surface area contributed by atoms with E-state index in [4.69, 9.17) is 11.6 Å². The molecule has 0 unspecified atom stereocenters. The summed E-state index contributed by atoms with van der Waals surface area (Å²) in [5.74, 6) is -0.367. The molecular weight excluding hydrogens is 381 g/mol. The average Bonchev–Trinajstić information content (AvgIpc) is 2.57. The minimum Gasteiger partial charge on any atom is -0.352 e. The minimum absolute atomic E-state index is 0.0270. The number of benzene rings is 1. The molecule has 1 aliphatic heterocycles. The van der Waals surface area contributed by atoms with Crippen LogP contribution in [0.2, 0.25) is 5.02 Å². The first-order chi connectivity index (χ1) is 12.1. The van der Waals surface area contributed by atoms with Crippen LogP contribution in [-0.4, -0.2) is 62.3 Å². The zero-order valence-corrected chi connectivity index (χ0v) is 16.8. The van der Waals surface area contributed by atoms with Gasteiger partial charge in [0.2, 0.25) is 15.9 Å². The van der Waals surface area contributed by atoms with Gasteiger partial charge in [0, 0.05) is 32.2 Å². The van der Waals surface area contributed by atoms with Crippen molar-refractivity contribution in [1.82, 2.24) is 14.5 Å². The highest BCUT2D eigenvalue weighted by Crippen LogP contribution is 2.23. The first kappa shape index (κ1) is 21.1. The van der Waals surface area contributed by atoms with E-state index in [-0.39, 0.29) is 41.5 Å². The number of nitrogens with zero attached hydrogens (tertiary/aromatic N) is 2. The van der Waals surface area contributed by atoms with Crippen molar-refractivity contribution in [2.45, 2.75) is 31.7 Å². The Hall–Kier alpha value is -1.22. The number of amides is 1. The third kappa shape index (κ3) is 5.16. The second-order valence-corrected chi connectivity index (χ2v) is 9.20. The molecular formula is C17H25ClFN3O3S. The molecule has 1 aliphatic rings. The molecule has 0 bridgehead atoms. The molecule has 9 heteroatoms. The van der Waals surface area contributed by atoms with E-state index in [1.165, 1.54) is 10.4 Å². The molecule has 0 saturated carbocycles. The van der Waals surface area contributed by atoms with Crippen LogP contribution in [0.3, 0.4) is 0 Å². The molecule has 1 N–H and O–H groups in total. The van der Waals surface area contributed by atoms with Crippen molar-refractivity contribution in [3.63, 3.8) is 0 Å². The van der Waals surface area contributed by atoms with Crippen LogP contribution in [0.1, 0.15) is 20.8 Å². The van der Waals surface area contributed by atoms with E-state index in [0.717, 1.165) is 12.1 Å². The lowest BCUT2D eigenvalue weighted by Crippen LogP contribution is -2.51. The molecule has 2 rings (SSSR count). The predicted molar refractivity (Wildman–Crippen MR) is 99.1 cm³/mol. The topological polar surface area (TPSA) is 69.7 Å². The summed E-state index contributed by atoms with van der Waals surface area (Å²) in [6.45, 7) is 7.73. The van der Waals surface area contributed by atoms with Crippen LogP contribution in [0.5, 0.6) is 0 Å². The molecule has 0 aliphatic carbocycles. The Kier molecular flexibility index (Phi) is 7.01. The first-order valence-electron chi connectivity index (χ1n) is 8.58. The molecule has 1 fully saturated rings. The van der Waals surface area contributed by atoms with Crippen molar-refractivity contribution >= 4 is 27.5 Å². The maximum atomic E-state index is 13.3. The van der Waals surface area contributed by atoms with Gasteiger partial charge in [0.05, 0.1) is 16.5 Å². The molecule has 6 nitrogen and oxygen atoms in total. The van der Waals surface area contributed by atoms with Gasteiger partial charge in [-0.25, -0.2) is 12.8 Å². The maximum absolute atomic E-state index is 13.3. The number of halogens is 2. The summed E-state index contributed by atoms with van der Waals surface area (Å²) in [5, 5.41) is 2.72. The predicted octanol–water partition coefficient (Wildman–Crippen LogP) is 1.95. The SMILES string of the molecule is CC(C)[C@H](C)NC(=O)CN1CCN(S(=O)(=O)c2ccc(F)c(Cl)c2)CC1. The van der Waals surface area contributed by atoms with Crippen molar-refractivity contribution < 1.29 is 17.6 Å². The molecule has 146 valence electrons. The van der Waals surface area contributed by atoms with Gasteiger partial charge in [-0.1, -0.05) is 25.4 Å². The third-order valence-electron chi connectivity index (χ3n) is 4.62. The van der Waals surface area contributed by atoms with Crippen molar-refractivity contribution in [2.24, 2.45) is 5.92 Å². The van der Waals surface area contributed by atoms with Crippen LogP contribution in [0.4, 0.5) is 4.39 Å². The number of rotatable bonds is 6. The molecule has 1 saturated heterocycles. The van der Waals surface area contributed by atoms with Gasteiger partial charge >= 0.3 is 0 Å². The Balaban J connectivity index is 1.93. The quantitative estimate of drug-likeness (QED) is 0.785. The smallest absolute Gasteiger partial charge is 0.243 e. The molecule has 26 heavy (non-hydrogen) atoms. The number of carbonyl (C=O) groups excluding carboxylic acids is 1. The largest absolute Gasteiger partial charge is 0.352 e. The summed E-state index contributed by atoms with van der Waals surface area (Å²) in [6, 6.07) is 3.47. The Bertz CT molecular complexity index is 750. The molecule has 1 aromatic rings. The van der Waals surface area contributed by atoms with Crippen molar-refractivity contribution in [3.8, 4) is 0 Å². The van der Waals surface area contributed by atoms with Crippen molar-refractivity contribution in [2.75, 3.05) is 32.7 Å². The van der Waals surface area contributed by atoms with E-state index >= 15 is 0 Å². The third-order valence-corrected chi connectivity index (χ3v) is 6.80. The summed E-state index contributed by atoms with van der Waals surface area (Å²) in [7, 11) is -3.73. The second-order valence-electron chi connectivity index (χ2n) is 6.86. The van der Waals surface area contributed by atoms with Crippen LogP contribution in [0.15, 0.2) is 23.1 Å². The number of hydrogen-bond donors (Lipinski definition) is 1. The van der Waals surface area contributed by atoms with E-state index in [2.05, 4.69) is 5.32 Å². The monoisotopic (exact) mass is 405 g/mol. The first-order valence-corrected chi connectivity index (χ1v) is 10.4. The Labute approximate surface area is 159 Å². The standard InChI is InChI=1S/C17H25ClFN3O3S/c1-12(2)13(3)20-17(23)11-21-6-8-22(9-7-21)26(24,25)14-4-5-16(19)15(18)10-14/h4-5,10,12-13H,6-9,11H2,1-3H3,(H,20,23)/t13-/m0/s1. The summed E-state index contributed by atoms with van der Waals surface area (Å²) in [6.07, 6.45) is 0. The fraction of sp³-hybridized carbons (Fsp3) is 0.588. The van der Waals surface area contributed by atoms with Crippen molar-refractivity contribution in [3.05, 3.63) is 29.0 Å². The molecule has 0 radical (unpaired) electrons. The molecule has 1 heterocycles. The molecule has 1 atom stereocenters. The van der Waals surface area contributed by atoms with Crippen LogP contribution in [-0.2, 0) is 14.8 Å². The van der Waals surface area contributed by atoms with E-state index in [9.17, 15) is 17.6 Å². The van der Waals surface area contributed by atoms with Crippen LogP contribution >= 0.6 is 11.6 Å². The Morgan fingerprint density at radius 2 is 1.85 bits per heavy atom. The number of sulfonamides is 1. The lowest BCUT2D eigenvalue weighted by atomic mass is 10.1. The molecule has 0 spiro atoms. The second kappa shape index (κ2) is 8.65. The minimum atomic E-state index is -3.73. The van der Waals surface area contributed by atoms with Crippen LogP contribution in [0.25, 0.3) is 0 Å². The highest BCUT2D eigenvalue weighted by Gasteiger charge is 2.29. The molecule has 0 aromatic heterocycles. The number of carbonyl (C=O) groups is 1.